The van der Waals surface area contributed by atoms with Crippen molar-refractivity contribution in [3.8, 4) is 0 Å². The molecule has 0 saturated carbocycles. The van der Waals surface area contributed by atoms with Gasteiger partial charge < -0.3 is 10.2 Å². The van der Waals surface area contributed by atoms with Gasteiger partial charge in [0.2, 0.25) is 0 Å². The molecule has 42 heavy (non-hydrogen) atoms. The van der Waals surface area contributed by atoms with E-state index in [-0.39, 0.29) is 0 Å². The molecule has 0 saturated heterocycles. The highest BCUT2D eigenvalue weighted by Crippen LogP contribution is 2.34. The third-order valence-electron chi connectivity index (χ3n) is 7.69. The average molecular weight is 545 g/mol. The molecular weight excluding hydrogens is 512 g/mol. The van der Waals surface area contributed by atoms with E-state index < -0.39 is 12.2 Å². The Bertz CT molecular complexity index is 1690. The zero-order chi connectivity index (χ0) is 28.7. The van der Waals surface area contributed by atoms with Gasteiger partial charge in [0, 0.05) is 0 Å². The highest BCUT2D eigenvalue weighted by atomic mass is 16.3. The number of fused-ring (bicyclic) bond motifs is 5. The van der Waals surface area contributed by atoms with Crippen LogP contribution in [0.15, 0.2) is 121 Å². The third-order valence-corrected chi connectivity index (χ3v) is 7.69. The van der Waals surface area contributed by atoms with E-state index in [0.29, 0.717) is 11.1 Å². The molecule has 0 amide bonds. The Morgan fingerprint density at radius 1 is 0.262 bits per heavy atom. The highest BCUT2D eigenvalue weighted by molar-refractivity contribution is 5.85. The summed E-state index contributed by atoms with van der Waals surface area (Å²) < 4.78 is 0. The summed E-state index contributed by atoms with van der Waals surface area (Å²) in [4.78, 5) is 0. The van der Waals surface area contributed by atoms with E-state index in [1.165, 1.54) is 0 Å². The second-order valence-corrected chi connectivity index (χ2v) is 10.4. The van der Waals surface area contributed by atoms with E-state index in [9.17, 15) is 10.2 Å². The molecule has 0 radical (unpaired) electrons. The summed E-state index contributed by atoms with van der Waals surface area (Å²) >= 11 is 0. The predicted octanol–water partition coefficient (Wildman–Crippen LogP) is 9.45. The predicted molar refractivity (Wildman–Crippen MR) is 178 cm³/mol. The van der Waals surface area contributed by atoms with Crippen LogP contribution in [0.2, 0.25) is 0 Å². The van der Waals surface area contributed by atoms with Crippen LogP contribution in [0.1, 0.15) is 67.8 Å². The summed E-state index contributed by atoms with van der Waals surface area (Å²) in [7, 11) is 0. The second kappa shape index (κ2) is 12.7. The molecule has 5 aromatic rings. The molecule has 0 spiro atoms. The van der Waals surface area contributed by atoms with Crippen LogP contribution in [0, 0.1) is 0 Å². The Kier molecular flexibility index (Phi) is 8.19. The fourth-order valence-electron chi connectivity index (χ4n) is 5.37. The summed E-state index contributed by atoms with van der Waals surface area (Å²) in [5, 5.41) is 22.9. The first kappa shape index (κ1) is 27.2. The minimum Gasteiger partial charge on any atom is -0.385 e. The lowest BCUT2D eigenvalue weighted by Gasteiger charge is -2.22. The molecule has 1 aliphatic carbocycles. The zero-order valence-corrected chi connectivity index (χ0v) is 23.2. The van der Waals surface area contributed by atoms with Crippen LogP contribution >= 0.6 is 0 Å². The molecule has 0 aliphatic heterocycles. The molecule has 204 valence electrons. The van der Waals surface area contributed by atoms with Gasteiger partial charge in [0.05, 0.1) is 0 Å². The van der Waals surface area contributed by atoms with E-state index in [1.807, 2.05) is 84.9 Å². The summed E-state index contributed by atoms with van der Waals surface area (Å²) in [6, 6.07) is 40.3. The highest BCUT2D eigenvalue weighted by Gasteiger charge is 2.23. The van der Waals surface area contributed by atoms with Gasteiger partial charge in [0.1, 0.15) is 12.2 Å². The van der Waals surface area contributed by atoms with Gasteiger partial charge in [-0.15, -0.1) is 0 Å². The fraction of sp³-hybridized carbons (Fsp3) is 0.0500. The van der Waals surface area contributed by atoms with E-state index in [1.54, 1.807) is 0 Å². The lowest BCUT2D eigenvalue weighted by Crippen LogP contribution is -2.12. The molecule has 1 aliphatic rings. The van der Waals surface area contributed by atoms with Gasteiger partial charge in [-0.2, -0.15) is 0 Å². The number of aliphatic hydroxyl groups is 2. The molecule has 0 unspecified atom stereocenters. The van der Waals surface area contributed by atoms with E-state index >= 15 is 0 Å². The molecule has 0 aromatic heterocycles. The van der Waals surface area contributed by atoms with Gasteiger partial charge in [-0.05, 0) is 55.6 Å². The van der Waals surface area contributed by atoms with Gasteiger partial charge in [0.25, 0.3) is 0 Å². The maximum absolute atomic E-state index is 11.5. The molecule has 2 N–H and O–H groups in total. The van der Waals surface area contributed by atoms with Crippen molar-refractivity contribution in [2.24, 2.45) is 0 Å². The van der Waals surface area contributed by atoms with Gasteiger partial charge in [-0.25, -0.2) is 0 Å². The van der Waals surface area contributed by atoms with Gasteiger partial charge >= 0.3 is 0 Å². The smallest absolute Gasteiger partial charge is 0.110 e. The SMILES string of the molecule is O[C@@H]1c2ccccc2/C=C\c2ccccc2C=Cc2ccccc2/C=C\c2ccccc2/C=C\c2ccccc2[C@@H]1O. The molecule has 0 bridgehead atoms. The Morgan fingerprint density at radius 3 is 0.714 bits per heavy atom. The Labute approximate surface area is 247 Å². The van der Waals surface area contributed by atoms with Crippen LogP contribution in [-0.2, 0) is 0 Å². The van der Waals surface area contributed by atoms with Crippen LogP contribution in [0.25, 0.3) is 48.6 Å². The Balaban J connectivity index is 1.52. The third kappa shape index (κ3) is 6.01. The Hall–Kier alpha value is -5.02. The summed E-state index contributed by atoms with van der Waals surface area (Å²) in [6.45, 7) is 0. The molecular formula is C40H32O2. The summed E-state index contributed by atoms with van der Waals surface area (Å²) in [6.07, 6.45) is 14.5. The molecule has 0 heterocycles. The standard InChI is InChI=1S/C40H32O2/c41-39-37-19-9-7-17-35(37)27-25-33-15-5-3-13-31(33)23-21-29-11-1-2-12-30(29)22-24-32-14-4-6-16-34(32)26-28-36-18-8-10-20-38(36)40(39)42/h1-28,39-42H/b23-21-,24-22?,27-25-,28-26-/t39-,40+/m0/s1. The summed E-state index contributed by atoms with van der Waals surface area (Å²) in [5.74, 6) is 0. The first-order valence-corrected chi connectivity index (χ1v) is 14.2. The quantitative estimate of drug-likeness (QED) is 0.204. The first-order valence-electron chi connectivity index (χ1n) is 14.2. The topological polar surface area (TPSA) is 40.5 Å². The van der Waals surface area contributed by atoms with Crippen LogP contribution in [0.4, 0.5) is 0 Å². The van der Waals surface area contributed by atoms with E-state index in [2.05, 4.69) is 85.0 Å². The van der Waals surface area contributed by atoms with E-state index in [4.69, 9.17) is 0 Å². The molecule has 2 atom stereocenters. The lowest BCUT2D eigenvalue weighted by molar-refractivity contribution is 0.0170. The van der Waals surface area contributed by atoms with Crippen molar-refractivity contribution in [1.82, 2.24) is 0 Å². The van der Waals surface area contributed by atoms with Crippen molar-refractivity contribution in [2.45, 2.75) is 12.2 Å². The van der Waals surface area contributed by atoms with Gasteiger partial charge in [-0.1, -0.05) is 170 Å². The Morgan fingerprint density at radius 2 is 0.452 bits per heavy atom. The van der Waals surface area contributed by atoms with Crippen molar-refractivity contribution in [1.29, 1.82) is 0 Å². The van der Waals surface area contributed by atoms with Crippen molar-refractivity contribution in [3.63, 3.8) is 0 Å². The van der Waals surface area contributed by atoms with Crippen LogP contribution in [0.3, 0.4) is 0 Å². The monoisotopic (exact) mass is 544 g/mol. The minimum atomic E-state index is -1.10. The van der Waals surface area contributed by atoms with Gasteiger partial charge in [-0.3, -0.25) is 0 Å². The van der Waals surface area contributed by atoms with E-state index in [0.717, 1.165) is 44.5 Å². The van der Waals surface area contributed by atoms with Gasteiger partial charge in [0.15, 0.2) is 0 Å². The second-order valence-electron chi connectivity index (χ2n) is 10.4. The molecule has 6 rings (SSSR count). The number of aliphatic hydroxyl groups excluding tert-OH is 2. The normalized spacial score (nSPS) is 18.7. The molecule has 5 aromatic carbocycles. The maximum atomic E-state index is 11.5. The maximum Gasteiger partial charge on any atom is 0.110 e. The first-order chi connectivity index (χ1) is 20.7. The lowest BCUT2D eigenvalue weighted by atomic mass is 9.91. The van der Waals surface area contributed by atoms with Crippen molar-refractivity contribution in [3.05, 3.63) is 177 Å². The molecule has 0 fully saturated rings. The number of benzene rings is 5. The molecule has 2 heteroatoms. The van der Waals surface area contributed by atoms with Crippen molar-refractivity contribution in [2.75, 3.05) is 0 Å². The van der Waals surface area contributed by atoms with Crippen LogP contribution in [0.5, 0.6) is 0 Å². The molecule has 2 nitrogen and oxygen atoms in total. The largest absolute Gasteiger partial charge is 0.385 e. The zero-order valence-electron chi connectivity index (χ0n) is 23.2. The average Bonchev–Trinajstić information content (AvgIpc) is 3.05. The van der Waals surface area contributed by atoms with Crippen LogP contribution in [-0.4, -0.2) is 10.2 Å². The fourth-order valence-corrected chi connectivity index (χ4v) is 5.37. The number of hydrogen-bond acceptors (Lipinski definition) is 2. The minimum absolute atomic E-state index is 0.673. The van der Waals surface area contributed by atoms with Crippen molar-refractivity contribution < 1.29 is 10.2 Å². The number of rotatable bonds is 0. The van der Waals surface area contributed by atoms with Crippen LogP contribution < -0.4 is 0 Å². The number of hydrogen-bond donors (Lipinski definition) is 2. The summed E-state index contributed by atoms with van der Waals surface area (Å²) in [5.41, 5.74) is 9.62. The van der Waals surface area contributed by atoms with Crippen molar-refractivity contribution >= 4 is 48.6 Å².